The number of aromatic nitrogens is 4. The molecule has 3 aromatic heterocycles. The van der Waals surface area contributed by atoms with E-state index in [9.17, 15) is 14.4 Å². The van der Waals surface area contributed by atoms with Crippen molar-refractivity contribution < 1.29 is 4.79 Å². The van der Waals surface area contributed by atoms with Gasteiger partial charge in [0.05, 0.1) is 21.8 Å². The first kappa shape index (κ1) is 25.3. The number of carbonyl (C=O) groups is 1. The van der Waals surface area contributed by atoms with Crippen molar-refractivity contribution in [1.82, 2.24) is 18.7 Å². The molecule has 11 heteroatoms. The van der Waals surface area contributed by atoms with Crippen molar-refractivity contribution in [2.45, 2.75) is 26.7 Å². The summed E-state index contributed by atoms with van der Waals surface area (Å²) in [6.07, 6.45) is 5.36. The Morgan fingerprint density at radius 1 is 0.974 bits per heavy atom. The predicted molar refractivity (Wildman–Crippen MR) is 159 cm³/mol. The van der Waals surface area contributed by atoms with Crippen LogP contribution in [0, 0.1) is 13.8 Å². The fourth-order valence-electron chi connectivity index (χ4n) is 5.15. The number of pyridine rings is 1. The number of amides is 1. The summed E-state index contributed by atoms with van der Waals surface area (Å²) in [7, 11) is 1.77. The number of fused-ring (bicyclic) bond motifs is 1. The second-order valence-electron chi connectivity index (χ2n) is 9.71. The third-order valence-electron chi connectivity index (χ3n) is 7.21. The molecule has 0 N–H and O–H groups in total. The van der Waals surface area contributed by atoms with Crippen LogP contribution in [-0.2, 0) is 11.8 Å². The molecule has 1 amide bonds. The highest BCUT2D eigenvalue weighted by Gasteiger charge is 2.38. The Bertz CT molecular complexity index is 1810. The maximum Gasteiger partial charge on any atom is 0.296 e. The fourth-order valence-corrected chi connectivity index (χ4v) is 6.40. The molecule has 0 aliphatic carbocycles. The van der Waals surface area contributed by atoms with E-state index in [0.717, 1.165) is 43.3 Å². The van der Waals surface area contributed by atoms with E-state index in [1.807, 2.05) is 49.4 Å². The number of hydrogen-bond donors (Lipinski definition) is 0. The van der Waals surface area contributed by atoms with Gasteiger partial charge in [-0.1, -0.05) is 48.2 Å². The van der Waals surface area contributed by atoms with E-state index < -0.39 is 5.91 Å². The van der Waals surface area contributed by atoms with Crippen LogP contribution in [0.3, 0.4) is 0 Å². The molecule has 0 bridgehead atoms. The largest absolute Gasteiger partial charge is 0.356 e. The van der Waals surface area contributed by atoms with Crippen LogP contribution in [0.4, 0.5) is 11.5 Å². The number of hydrogen-bond acceptors (Lipinski definition) is 7. The lowest BCUT2D eigenvalue weighted by atomic mass is 10.2. The van der Waals surface area contributed by atoms with E-state index in [1.165, 1.54) is 14.0 Å². The van der Waals surface area contributed by atoms with E-state index in [0.29, 0.717) is 28.4 Å². The van der Waals surface area contributed by atoms with Gasteiger partial charge in [0.15, 0.2) is 4.32 Å². The second-order valence-corrected chi connectivity index (χ2v) is 11.4. The minimum absolute atomic E-state index is 0.205. The second kappa shape index (κ2) is 9.65. The number of carbonyl (C=O) groups excluding carboxylic acids is 1. The summed E-state index contributed by atoms with van der Waals surface area (Å²) < 4.78 is 4.98. The van der Waals surface area contributed by atoms with Crippen LogP contribution in [0.2, 0.25) is 0 Å². The van der Waals surface area contributed by atoms with Gasteiger partial charge in [0.1, 0.15) is 17.2 Å². The number of rotatable bonds is 4. The Labute approximate surface area is 234 Å². The molecule has 198 valence electrons. The van der Waals surface area contributed by atoms with Crippen molar-refractivity contribution >= 4 is 57.4 Å². The molecule has 39 heavy (non-hydrogen) atoms. The Morgan fingerprint density at radius 2 is 1.69 bits per heavy atom. The molecule has 2 saturated heterocycles. The predicted octanol–water partition coefficient (Wildman–Crippen LogP) is 3.81. The van der Waals surface area contributed by atoms with Gasteiger partial charge in [0.25, 0.3) is 17.0 Å². The van der Waals surface area contributed by atoms with Gasteiger partial charge in [-0.3, -0.25) is 28.4 Å². The van der Waals surface area contributed by atoms with Crippen molar-refractivity contribution in [2.24, 2.45) is 7.05 Å². The topological polar surface area (TPSA) is 84.8 Å². The van der Waals surface area contributed by atoms with Crippen LogP contribution in [0.15, 0.2) is 63.2 Å². The zero-order valence-corrected chi connectivity index (χ0v) is 23.4. The van der Waals surface area contributed by atoms with Crippen LogP contribution in [0.25, 0.3) is 17.4 Å². The Kier molecular flexibility index (Phi) is 6.27. The molecular formula is C28H26N6O3S2. The van der Waals surface area contributed by atoms with Crippen molar-refractivity contribution in [3.05, 3.63) is 91.1 Å². The van der Waals surface area contributed by atoms with Gasteiger partial charge in [-0.05, 0) is 56.5 Å². The van der Waals surface area contributed by atoms with E-state index in [-0.39, 0.29) is 26.0 Å². The van der Waals surface area contributed by atoms with Crippen LogP contribution >= 0.6 is 24.0 Å². The summed E-state index contributed by atoms with van der Waals surface area (Å²) in [6, 6.07) is 13.0. The van der Waals surface area contributed by atoms with E-state index in [4.69, 9.17) is 17.2 Å². The van der Waals surface area contributed by atoms with Crippen LogP contribution in [0.5, 0.6) is 0 Å². The minimum Gasteiger partial charge on any atom is -0.356 e. The third kappa shape index (κ3) is 4.12. The number of anilines is 2. The summed E-state index contributed by atoms with van der Waals surface area (Å²) in [5, 5.41) is 0. The molecule has 1 aromatic carbocycles. The smallest absolute Gasteiger partial charge is 0.296 e. The quantitative estimate of drug-likeness (QED) is 0.278. The number of thioether (sulfide) groups is 1. The standard InChI is InChI=1S/C28H26N6O3S2/c1-17-11-12-22-29-24(31-13-7-8-14-31)20(25(35)32(22)16-17)15-21-26(36)33(28(38)39-21)23-18(2)30(3)34(27(23)37)19-9-5-4-6-10-19/h4-6,9-12,15-16H,7-8,13-14H2,1-3H3. The summed E-state index contributed by atoms with van der Waals surface area (Å²) in [5.74, 6) is 0.131. The van der Waals surface area contributed by atoms with Gasteiger partial charge in [0.2, 0.25) is 0 Å². The van der Waals surface area contributed by atoms with Crippen molar-refractivity contribution in [3.8, 4) is 5.69 Å². The molecule has 4 aromatic rings. The molecule has 2 aliphatic rings. The average molecular weight is 559 g/mol. The van der Waals surface area contributed by atoms with Crippen LogP contribution in [-0.4, -0.2) is 42.1 Å². The zero-order valence-electron chi connectivity index (χ0n) is 21.7. The number of para-hydroxylation sites is 1. The molecular weight excluding hydrogens is 532 g/mol. The van der Waals surface area contributed by atoms with E-state index in [2.05, 4.69) is 4.90 Å². The van der Waals surface area contributed by atoms with Gasteiger partial charge in [-0.2, -0.15) is 0 Å². The lowest BCUT2D eigenvalue weighted by molar-refractivity contribution is -0.113. The molecule has 0 spiro atoms. The lowest BCUT2D eigenvalue weighted by Crippen LogP contribution is -2.33. The van der Waals surface area contributed by atoms with Crippen LogP contribution < -0.4 is 20.9 Å². The number of aryl methyl sites for hydroxylation is 1. The number of nitrogens with zero attached hydrogens (tertiary/aromatic N) is 6. The monoisotopic (exact) mass is 558 g/mol. The van der Waals surface area contributed by atoms with Gasteiger partial charge in [-0.15, -0.1) is 0 Å². The van der Waals surface area contributed by atoms with Gasteiger partial charge in [0, 0.05) is 26.3 Å². The minimum atomic E-state index is -0.433. The molecule has 2 fully saturated rings. The lowest BCUT2D eigenvalue weighted by Gasteiger charge is -2.19. The highest BCUT2D eigenvalue weighted by atomic mass is 32.2. The molecule has 0 saturated carbocycles. The van der Waals surface area contributed by atoms with Crippen molar-refractivity contribution in [1.29, 1.82) is 0 Å². The summed E-state index contributed by atoms with van der Waals surface area (Å²) in [5.41, 5.74) is 2.70. The van der Waals surface area contributed by atoms with Crippen LogP contribution in [0.1, 0.15) is 29.7 Å². The molecule has 5 heterocycles. The molecule has 2 aliphatic heterocycles. The maximum atomic E-state index is 13.8. The first-order chi connectivity index (χ1) is 18.8. The first-order valence-electron chi connectivity index (χ1n) is 12.7. The highest BCUT2D eigenvalue weighted by molar-refractivity contribution is 8.27. The van der Waals surface area contributed by atoms with E-state index >= 15 is 0 Å². The van der Waals surface area contributed by atoms with Crippen molar-refractivity contribution in [3.63, 3.8) is 0 Å². The third-order valence-corrected chi connectivity index (χ3v) is 8.51. The van der Waals surface area contributed by atoms with E-state index in [1.54, 1.807) is 30.9 Å². The zero-order chi connectivity index (χ0) is 27.4. The van der Waals surface area contributed by atoms with Crippen molar-refractivity contribution in [2.75, 3.05) is 22.9 Å². The first-order valence-corrected chi connectivity index (χ1v) is 13.9. The fraction of sp³-hybridized carbons (Fsp3) is 0.250. The molecule has 0 atom stereocenters. The molecule has 6 rings (SSSR count). The number of benzene rings is 1. The Morgan fingerprint density at radius 3 is 2.41 bits per heavy atom. The Hall–Kier alpha value is -3.96. The normalized spacial score (nSPS) is 16.8. The van der Waals surface area contributed by atoms with Gasteiger partial charge >= 0.3 is 0 Å². The van der Waals surface area contributed by atoms with Gasteiger partial charge < -0.3 is 4.90 Å². The maximum absolute atomic E-state index is 13.8. The molecule has 0 unspecified atom stereocenters. The molecule has 9 nitrogen and oxygen atoms in total. The average Bonchev–Trinajstić information content (AvgIpc) is 3.61. The highest BCUT2D eigenvalue weighted by Crippen LogP contribution is 2.37. The Balaban J connectivity index is 1.48. The summed E-state index contributed by atoms with van der Waals surface area (Å²) in [6.45, 7) is 5.28. The molecule has 0 radical (unpaired) electrons. The SMILES string of the molecule is Cc1ccc2nc(N3CCCC3)c(C=C3SC(=S)N(c4c(C)n(C)n(-c5ccccc5)c4=O)C3=O)c(=O)n2c1. The number of thiocarbonyl (C=S) groups is 1. The summed E-state index contributed by atoms with van der Waals surface area (Å²) >= 11 is 6.69. The van der Waals surface area contributed by atoms with Gasteiger partial charge in [-0.25, -0.2) is 9.67 Å². The summed E-state index contributed by atoms with van der Waals surface area (Å²) in [4.78, 5) is 49.6.